The van der Waals surface area contributed by atoms with E-state index >= 15 is 0 Å². The molecule has 36 heavy (non-hydrogen) atoms. The van der Waals surface area contributed by atoms with E-state index in [0.29, 0.717) is 18.1 Å². The van der Waals surface area contributed by atoms with Gasteiger partial charge in [0.1, 0.15) is 7.11 Å². The van der Waals surface area contributed by atoms with Crippen LogP contribution in [0.1, 0.15) is 47.8 Å². The lowest BCUT2D eigenvalue weighted by Gasteiger charge is -2.20. The molecule has 186 valence electrons. The van der Waals surface area contributed by atoms with E-state index in [9.17, 15) is 9.90 Å². The zero-order chi connectivity index (χ0) is 25.2. The minimum absolute atomic E-state index is 0.242. The molecule has 0 fully saturated rings. The van der Waals surface area contributed by atoms with Gasteiger partial charge in [-0.15, -0.1) is 4.73 Å². The SMILES string of the molecule is CCc1cc2c(cc1CC)CC(NC[C@H](O)c1ccc(-c3ccccc3)c3c1ccc(=O)n3OC)C2. The smallest absolute Gasteiger partial charge is 0.283 e. The standard InChI is InChI=1S/C31H34N2O3/c1-4-20-15-23-17-25(18-24(23)16-21(20)5-2)32-19-29(34)27-12-11-26(22-9-7-6-8-10-22)31-28(27)13-14-30(35)33(31)36-3/h6-16,25,29,32,34H,4-5,17-19H2,1-3H3/t29-/m0/s1. The topological polar surface area (TPSA) is 63.5 Å². The normalized spacial score (nSPS) is 14.2. The van der Waals surface area contributed by atoms with Gasteiger partial charge >= 0.3 is 0 Å². The number of hydrogen-bond acceptors (Lipinski definition) is 4. The van der Waals surface area contributed by atoms with E-state index in [2.05, 4.69) is 31.3 Å². The molecule has 1 atom stereocenters. The summed E-state index contributed by atoms with van der Waals surface area (Å²) in [5.41, 5.74) is 8.83. The highest BCUT2D eigenvalue weighted by Crippen LogP contribution is 2.33. The first kappa shape index (κ1) is 24.3. The summed E-state index contributed by atoms with van der Waals surface area (Å²) in [5, 5.41) is 15.7. The summed E-state index contributed by atoms with van der Waals surface area (Å²) in [6, 6.07) is 22.2. The summed E-state index contributed by atoms with van der Waals surface area (Å²) < 4.78 is 1.31. The van der Waals surface area contributed by atoms with Crippen molar-refractivity contribution in [2.45, 2.75) is 51.7 Å². The summed E-state index contributed by atoms with van der Waals surface area (Å²) in [5.74, 6) is 0. The highest BCUT2D eigenvalue weighted by Gasteiger charge is 2.24. The van der Waals surface area contributed by atoms with E-state index < -0.39 is 6.10 Å². The predicted molar refractivity (Wildman–Crippen MR) is 146 cm³/mol. The Hall–Kier alpha value is -3.41. The first-order valence-electron chi connectivity index (χ1n) is 12.9. The van der Waals surface area contributed by atoms with Gasteiger partial charge in [0.2, 0.25) is 0 Å². The second-order valence-electron chi connectivity index (χ2n) is 9.61. The molecule has 5 rings (SSSR count). The van der Waals surface area contributed by atoms with Gasteiger partial charge in [-0.3, -0.25) is 4.79 Å². The van der Waals surface area contributed by atoms with Gasteiger partial charge in [-0.05, 0) is 65.1 Å². The van der Waals surface area contributed by atoms with Crippen LogP contribution in [0.3, 0.4) is 0 Å². The van der Waals surface area contributed by atoms with Crippen molar-refractivity contribution < 1.29 is 9.94 Å². The molecular weight excluding hydrogens is 448 g/mol. The first-order chi connectivity index (χ1) is 17.5. The Balaban J connectivity index is 1.41. The molecule has 2 N–H and O–H groups in total. The van der Waals surface area contributed by atoms with E-state index in [4.69, 9.17) is 4.84 Å². The Morgan fingerprint density at radius 2 is 1.64 bits per heavy atom. The van der Waals surface area contributed by atoms with Crippen LogP contribution < -0.4 is 15.7 Å². The van der Waals surface area contributed by atoms with E-state index in [-0.39, 0.29) is 5.56 Å². The molecular formula is C31H34N2O3. The van der Waals surface area contributed by atoms with Crippen molar-refractivity contribution in [1.29, 1.82) is 0 Å². The van der Waals surface area contributed by atoms with Gasteiger partial charge in [0.25, 0.3) is 5.56 Å². The van der Waals surface area contributed by atoms with Crippen LogP contribution >= 0.6 is 0 Å². The maximum absolute atomic E-state index is 12.6. The van der Waals surface area contributed by atoms with Crippen LogP contribution in [0.5, 0.6) is 0 Å². The number of hydrogen-bond donors (Lipinski definition) is 2. The number of benzene rings is 3. The third-order valence-electron chi connectivity index (χ3n) is 7.49. The monoisotopic (exact) mass is 482 g/mol. The molecule has 1 aromatic heterocycles. The molecule has 0 radical (unpaired) electrons. The Labute approximate surface area is 212 Å². The van der Waals surface area contributed by atoms with Gasteiger partial charge in [-0.2, -0.15) is 0 Å². The molecule has 0 saturated heterocycles. The average molecular weight is 483 g/mol. The van der Waals surface area contributed by atoms with Crippen molar-refractivity contribution in [3.63, 3.8) is 0 Å². The Bertz CT molecular complexity index is 1410. The zero-order valence-corrected chi connectivity index (χ0v) is 21.3. The van der Waals surface area contributed by atoms with Crippen LogP contribution in [-0.4, -0.2) is 29.5 Å². The summed E-state index contributed by atoms with van der Waals surface area (Å²) in [7, 11) is 1.49. The number of nitrogens with zero attached hydrogens (tertiary/aromatic N) is 1. The van der Waals surface area contributed by atoms with E-state index in [0.717, 1.165) is 47.8 Å². The second kappa shape index (κ2) is 10.3. The number of aliphatic hydroxyl groups excluding tert-OH is 1. The molecule has 0 unspecified atom stereocenters. The number of aliphatic hydroxyl groups is 1. The van der Waals surface area contributed by atoms with Crippen LogP contribution in [0.4, 0.5) is 0 Å². The maximum Gasteiger partial charge on any atom is 0.283 e. The molecule has 5 heteroatoms. The minimum Gasteiger partial charge on any atom is -0.413 e. The van der Waals surface area contributed by atoms with Crippen molar-refractivity contribution in [2.75, 3.05) is 13.7 Å². The molecule has 0 amide bonds. The molecule has 1 aliphatic rings. The molecule has 0 spiro atoms. The second-order valence-corrected chi connectivity index (χ2v) is 9.61. The van der Waals surface area contributed by atoms with Crippen LogP contribution in [0, 0.1) is 0 Å². The Morgan fingerprint density at radius 3 is 2.25 bits per heavy atom. The fourth-order valence-electron chi connectivity index (χ4n) is 5.64. The molecule has 0 aliphatic heterocycles. The Morgan fingerprint density at radius 1 is 0.972 bits per heavy atom. The molecule has 5 nitrogen and oxygen atoms in total. The van der Waals surface area contributed by atoms with Gasteiger partial charge in [0.15, 0.2) is 0 Å². The summed E-state index contributed by atoms with van der Waals surface area (Å²) in [6.45, 7) is 4.88. The molecule has 1 aliphatic carbocycles. The van der Waals surface area contributed by atoms with Crippen molar-refractivity contribution in [2.24, 2.45) is 0 Å². The molecule has 0 bridgehead atoms. The number of rotatable bonds is 8. The first-order valence-corrected chi connectivity index (χ1v) is 12.9. The third-order valence-corrected chi connectivity index (χ3v) is 7.49. The highest BCUT2D eigenvalue weighted by atomic mass is 16.6. The quantitative estimate of drug-likeness (QED) is 0.384. The third kappa shape index (κ3) is 4.45. The summed E-state index contributed by atoms with van der Waals surface area (Å²) in [4.78, 5) is 18.1. The fourth-order valence-corrected chi connectivity index (χ4v) is 5.64. The minimum atomic E-state index is -0.721. The average Bonchev–Trinajstić information content (AvgIpc) is 3.32. The van der Waals surface area contributed by atoms with Gasteiger partial charge in [-0.1, -0.05) is 68.4 Å². The van der Waals surface area contributed by atoms with E-state index in [1.165, 1.54) is 40.2 Å². The van der Waals surface area contributed by atoms with Crippen molar-refractivity contribution in [3.8, 4) is 11.1 Å². The summed E-state index contributed by atoms with van der Waals surface area (Å²) >= 11 is 0. The largest absolute Gasteiger partial charge is 0.413 e. The van der Waals surface area contributed by atoms with Crippen LogP contribution in [-0.2, 0) is 25.7 Å². The van der Waals surface area contributed by atoms with Crippen molar-refractivity contribution in [3.05, 3.63) is 105 Å². The number of aromatic nitrogens is 1. The van der Waals surface area contributed by atoms with Crippen LogP contribution in [0.2, 0.25) is 0 Å². The van der Waals surface area contributed by atoms with Crippen molar-refractivity contribution in [1.82, 2.24) is 10.0 Å². The lowest BCUT2D eigenvalue weighted by atomic mass is 9.96. The number of pyridine rings is 1. The van der Waals surface area contributed by atoms with Gasteiger partial charge in [0.05, 0.1) is 11.6 Å². The van der Waals surface area contributed by atoms with Gasteiger partial charge < -0.3 is 15.3 Å². The highest BCUT2D eigenvalue weighted by molar-refractivity contribution is 5.96. The van der Waals surface area contributed by atoms with Gasteiger partial charge in [0, 0.05) is 29.6 Å². The maximum atomic E-state index is 12.6. The molecule has 4 aromatic rings. The van der Waals surface area contributed by atoms with E-state index in [1.807, 2.05) is 42.5 Å². The zero-order valence-electron chi connectivity index (χ0n) is 21.3. The lowest BCUT2D eigenvalue weighted by Crippen LogP contribution is -2.33. The van der Waals surface area contributed by atoms with E-state index in [1.54, 1.807) is 6.07 Å². The molecule has 0 saturated carbocycles. The van der Waals surface area contributed by atoms with Crippen LogP contribution in [0.15, 0.2) is 71.5 Å². The van der Waals surface area contributed by atoms with Crippen LogP contribution in [0.25, 0.3) is 22.0 Å². The van der Waals surface area contributed by atoms with Crippen molar-refractivity contribution >= 4 is 10.9 Å². The predicted octanol–water partition coefficient (Wildman–Crippen LogP) is 4.64. The molecule has 3 aromatic carbocycles. The number of fused-ring (bicyclic) bond motifs is 2. The molecule has 1 heterocycles. The number of nitrogens with one attached hydrogen (secondary N) is 1. The summed E-state index contributed by atoms with van der Waals surface area (Å²) in [6.07, 6.45) is 3.37. The Kier molecular flexibility index (Phi) is 6.95. The fraction of sp³-hybridized carbons (Fsp3) is 0.323. The van der Waals surface area contributed by atoms with Gasteiger partial charge in [-0.25, -0.2) is 0 Å². The number of aryl methyl sites for hydroxylation is 2. The lowest BCUT2D eigenvalue weighted by molar-refractivity contribution is 0.167.